The summed E-state index contributed by atoms with van der Waals surface area (Å²) in [6.45, 7) is 0. The number of hydrogen-bond donors (Lipinski definition) is 2. The molecule has 0 spiro atoms. The van der Waals surface area contributed by atoms with Gasteiger partial charge in [0.25, 0.3) is 0 Å². The Morgan fingerprint density at radius 3 is 0.864 bits per heavy atom. The van der Waals surface area contributed by atoms with Crippen LogP contribution in [0.25, 0.3) is 11.1 Å². The first-order valence-corrected chi connectivity index (χ1v) is 5.21. The minimum absolute atomic E-state index is 1.91. The quantitative estimate of drug-likeness (QED) is 0.473. The van der Waals surface area contributed by atoms with E-state index in [1.54, 1.807) is 0 Å². The third-order valence-corrected chi connectivity index (χ3v) is 2.73. The van der Waals surface area contributed by atoms with Crippen LogP contribution in [0.1, 0.15) is 0 Å². The Hall–Kier alpha value is -2.52. The summed E-state index contributed by atoms with van der Waals surface area (Å²) in [4.78, 5) is 0. The van der Waals surface area contributed by atoms with Gasteiger partial charge in [-0.2, -0.15) is 8.78 Å². The molecular formula is C12H2F8O2. The van der Waals surface area contributed by atoms with Gasteiger partial charge in [-0.05, 0) is 0 Å². The Morgan fingerprint density at radius 2 is 0.591 bits per heavy atom. The van der Waals surface area contributed by atoms with E-state index in [2.05, 4.69) is 0 Å². The third kappa shape index (κ3) is 1.94. The zero-order valence-electron chi connectivity index (χ0n) is 9.92. The van der Waals surface area contributed by atoms with E-state index in [1.807, 2.05) is 0 Å². The monoisotopic (exact) mass is 330 g/mol. The van der Waals surface area contributed by atoms with Gasteiger partial charge in [0.15, 0.2) is 34.8 Å². The predicted molar refractivity (Wildman–Crippen MR) is 54.9 cm³/mol. The molecule has 0 unspecified atom stereocenters. The summed E-state index contributed by atoms with van der Waals surface area (Å²) in [7, 11) is 0. The number of phenols is 2. The largest absolute Gasteiger partial charge is 0.504 e. The Balaban J connectivity index is 3.03. The molecule has 0 aliphatic carbocycles. The number of hydrogen-bond acceptors (Lipinski definition) is 2. The van der Waals surface area contributed by atoms with Gasteiger partial charge in [0.2, 0.25) is 23.3 Å². The van der Waals surface area contributed by atoms with Gasteiger partial charge in [-0.15, -0.1) is 0 Å². The fourth-order valence-electron chi connectivity index (χ4n) is 1.70. The van der Waals surface area contributed by atoms with Crippen LogP contribution in [0.15, 0.2) is 0 Å². The third-order valence-electron chi connectivity index (χ3n) is 2.73. The summed E-state index contributed by atoms with van der Waals surface area (Å²) in [5.74, 6) is -23.9. The highest BCUT2D eigenvalue weighted by Gasteiger charge is 2.33. The molecule has 118 valence electrons. The van der Waals surface area contributed by atoms with Crippen molar-refractivity contribution in [2.24, 2.45) is 0 Å². The lowest BCUT2D eigenvalue weighted by Crippen LogP contribution is -2.05. The van der Waals surface area contributed by atoms with Crippen LogP contribution in [0.5, 0.6) is 11.5 Å². The number of rotatable bonds is 1. The van der Waals surface area contributed by atoms with Crippen LogP contribution in [-0.4, -0.2) is 10.2 Å². The molecule has 0 amide bonds. The number of phenolic OH excluding ortho intramolecular Hbond substituents is 2. The van der Waals surface area contributed by atoms with Crippen LogP contribution < -0.4 is 0 Å². The highest BCUT2D eigenvalue weighted by molar-refractivity contribution is 5.77. The molecule has 0 bridgehead atoms. The Kier molecular flexibility index (Phi) is 3.63. The first-order chi connectivity index (χ1) is 10.1. The van der Waals surface area contributed by atoms with E-state index < -0.39 is 69.2 Å². The molecule has 2 nitrogen and oxygen atoms in total. The maximum Gasteiger partial charge on any atom is 0.204 e. The molecule has 0 fully saturated rings. The van der Waals surface area contributed by atoms with Gasteiger partial charge in [-0.25, -0.2) is 26.3 Å². The van der Waals surface area contributed by atoms with E-state index in [0.29, 0.717) is 0 Å². The van der Waals surface area contributed by atoms with Crippen molar-refractivity contribution in [2.45, 2.75) is 0 Å². The molecule has 0 aromatic heterocycles. The summed E-state index contributed by atoms with van der Waals surface area (Å²) in [6.07, 6.45) is 0. The van der Waals surface area contributed by atoms with Crippen molar-refractivity contribution in [2.75, 3.05) is 0 Å². The van der Waals surface area contributed by atoms with Gasteiger partial charge < -0.3 is 10.2 Å². The fourth-order valence-corrected chi connectivity index (χ4v) is 1.70. The van der Waals surface area contributed by atoms with Crippen LogP contribution in [0.4, 0.5) is 35.1 Å². The number of benzene rings is 2. The van der Waals surface area contributed by atoms with Gasteiger partial charge in [0.05, 0.1) is 11.1 Å². The lowest BCUT2D eigenvalue weighted by molar-refractivity contribution is 0.357. The molecule has 0 aliphatic heterocycles. The molecule has 0 radical (unpaired) electrons. The normalized spacial score (nSPS) is 11.1. The first kappa shape index (κ1) is 15.9. The Bertz CT molecular complexity index is 677. The Morgan fingerprint density at radius 1 is 0.364 bits per heavy atom. The van der Waals surface area contributed by atoms with E-state index in [1.165, 1.54) is 0 Å². The van der Waals surface area contributed by atoms with Gasteiger partial charge in [-0.3, -0.25) is 0 Å². The van der Waals surface area contributed by atoms with E-state index in [-0.39, 0.29) is 0 Å². The van der Waals surface area contributed by atoms with Crippen molar-refractivity contribution in [3.05, 3.63) is 46.5 Å². The first-order valence-electron chi connectivity index (χ1n) is 5.21. The van der Waals surface area contributed by atoms with Gasteiger partial charge in [-0.1, -0.05) is 0 Å². The second-order valence-corrected chi connectivity index (χ2v) is 3.96. The minimum Gasteiger partial charge on any atom is -0.504 e. The highest BCUT2D eigenvalue weighted by Crippen LogP contribution is 2.44. The van der Waals surface area contributed by atoms with Crippen molar-refractivity contribution in [1.82, 2.24) is 0 Å². The molecular weight excluding hydrogens is 328 g/mol. The molecule has 2 N–H and O–H groups in total. The standard InChI is InChI=1S/C12H2F8O2/c13-3-1(11(21)9(19)7(17)5(3)15)2-4(14)6(16)8(18)10(20)12(2)22/h21-22H. The van der Waals surface area contributed by atoms with Crippen molar-refractivity contribution >= 4 is 0 Å². The smallest absolute Gasteiger partial charge is 0.204 e. The van der Waals surface area contributed by atoms with Crippen LogP contribution in [0.3, 0.4) is 0 Å². The highest BCUT2D eigenvalue weighted by atomic mass is 19.2. The van der Waals surface area contributed by atoms with Crippen molar-refractivity contribution in [3.8, 4) is 22.6 Å². The lowest BCUT2D eigenvalue weighted by atomic mass is 10.0. The fraction of sp³-hybridized carbons (Fsp3) is 0. The second-order valence-electron chi connectivity index (χ2n) is 3.96. The molecule has 0 atom stereocenters. The van der Waals surface area contributed by atoms with Crippen molar-refractivity contribution in [3.63, 3.8) is 0 Å². The van der Waals surface area contributed by atoms with Gasteiger partial charge in [0, 0.05) is 0 Å². The van der Waals surface area contributed by atoms with E-state index in [9.17, 15) is 45.3 Å². The molecule has 22 heavy (non-hydrogen) atoms. The average Bonchev–Trinajstić information content (AvgIpc) is 2.50. The maximum absolute atomic E-state index is 13.6. The average molecular weight is 330 g/mol. The minimum atomic E-state index is -2.55. The molecule has 2 aromatic rings. The Labute approximate surface area is 115 Å². The van der Waals surface area contributed by atoms with E-state index in [4.69, 9.17) is 0 Å². The van der Waals surface area contributed by atoms with E-state index >= 15 is 0 Å². The zero-order chi connectivity index (χ0) is 16.9. The van der Waals surface area contributed by atoms with Crippen LogP contribution >= 0.6 is 0 Å². The molecule has 10 heteroatoms. The summed E-state index contributed by atoms with van der Waals surface area (Å²) < 4.78 is 105. The summed E-state index contributed by atoms with van der Waals surface area (Å²) in [6, 6.07) is 0. The van der Waals surface area contributed by atoms with E-state index in [0.717, 1.165) is 0 Å². The molecule has 0 aliphatic rings. The SMILES string of the molecule is Oc1c(F)c(F)c(F)c(F)c1-c1c(O)c(F)c(F)c(F)c1F. The van der Waals surface area contributed by atoms with Gasteiger partial charge >= 0.3 is 0 Å². The predicted octanol–water partition coefficient (Wildman–Crippen LogP) is 3.88. The zero-order valence-corrected chi connectivity index (χ0v) is 9.92. The van der Waals surface area contributed by atoms with Crippen molar-refractivity contribution < 1.29 is 45.3 Å². The summed E-state index contributed by atoms with van der Waals surface area (Å²) in [5, 5.41) is 18.4. The van der Waals surface area contributed by atoms with Gasteiger partial charge in [0.1, 0.15) is 0 Å². The van der Waals surface area contributed by atoms with Crippen LogP contribution in [-0.2, 0) is 0 Å². The lowest BCUT2D eigenvalue weighted by Gasteiger charge is -2.13. The van der Waals surface area contributed by atoms with Crippen molar-refractivity contribution in [1.29, 1.82) is 0 Å². The molecule has 0 heterocycles. The summed E-state index contributed by atoms with van der Waals surface area (Å²) >= 11 is 0. The second kappa shape index (κ2) is 5.04. The molecule has 2 aromatic carbocycles. The number of halogens is 8. The van der Waals surface area contributed by atoms with Crippen LogP contribution in [0.2, 0.25) is 0 Å². The molecule has 2 rings (SSSR count). The maximum atomic E-state index is 13.6. The molecule has 0 saturated carbocycles. The van der Waals surface area contributed by atoms with Crippen LogP contribution in [0, 0.1) is 46.5 Å². The topological polar surface area (TPSA) is 40.5 Å². The molecule has 0 saturated heterocycles. The summed E-state index contributed by atoms with van der Waals surface area (Å²) in [5.41, 5.74) is -3.83. The number of aromatic hydroxyl groups is 2.